The molecule has 0 atom stereocenters. The SMILES string of the molecule is CC(=O)c1ccc(N(CC(F)(F)F)S(=O)(=O)c2ccccc2)cc1. The molecule has 0 spiro atoms. The number of nitrogens with zero attached hydrogens (tertiary/aromatic N) is 1. The van der Waals surface area contributed by atoms with E-state index in [4.69, 9.17) is 0 Å². The molecule has 0 amide bonds. The summed E-state index contributed by atoms with van der Waals surface area (Å²) in [5.41, 5.74) is 0.115. The molecule has 0 heterocycles. The fourth-order valence-electron chi connectivity index (χ4n) is 2.06. The number of hydrogen-bond acceptors (Lipinski definition) is 3. The van der Waals surface area contributed by atoms with Crippen molar-refractivity contribution in [2.45, 2.75) is 18.0 Å². The molecule has 0 N–H and O–H groups in total. The topological polar surface area (TPSA) is 54.5 Å². The molecule has 8 heteroatoms. The highest BCUT2D eigenvalue weighted by Gasteiger charge is 2.37. The van der Waals surface area contributed by atoms with Gasteiger partial charge in [0, 0.05) is 5.56 Å². The molecule has 2 aromatic rings. The van der Waals surface area contributed by atoms with Crippen molar-refractivity contribution in [3.8, 4) is 0 Å². The maximum Gasteiger partial charge on any atom is 0.407 e. The first-order valence-electron chi connectivity index (χ1n) is 6.87. The molecule has 0 fully saturated rings. The summed E-state index contributed by atoms with van der Waals surface area (Å²) in [7, 11) is -4.39. The van der Waals surface area contributed by atoms with E-state index in [9.17, 15) is 26.4 Å². The van der Waals surface area contributed by atoms with Crippen molar-refractivity contribution in [2.75, 3.05) is 10.8 Å². The van der Waals surface area contributed by atoms with Crippen molar-refractivity contribution in [1.82, 2.24) is 0 Å². The van der Waals surface area contributed by atoms with Crippen LogP contribution in [0.1, 0.15) is 17.3 Å². The van der Waals surface area contributed by atoms with Gasteiger partial charge in [-0.3, -0.25) is 9.10 Å². The number of ketones is 1. The molecule has 128 valence electrons. The van der Waals surface area contributed by atoms with Crippen molar-refractivity contribution in [1.29, 1.82) is 0 Å². The minimum Gasteiger partial charge on any atom is -0.295 e. The second-order valence-electron chi connectivity index (χ2n) is 5.04. The lowest BCUT2D eigenvalue weighted by atomic mass is 10.1. The number of halogens is 3. The summed E-state index contributed by atoms with van der Waals surface area (Å²) in [6.45, 7) is -0.354. The predicted octanol–water partition coefficient (Wildman–Crippen LogP) is 3.65. The highest BCUT2D eigenvalue weighted by molar-refractivity contribution is 7.92. The van der Waals surface area contributed by atoms with E-state index in [2.05, 4.69) is 0 Å². The van der Waals surface area contributed by atoms with Gasteiger partial charge in [-0.05, 0) is 43.3 Å². The Bertz CT molecular complexity index is 816. The standard InChI is InChI=1S/C16H14F3NO3S/c1-12(21)13-7-9-14(10-8-13)20(11-16(17,18)19)24(22,23)15-5-3-2-4-6-15/h2-10H,11H2,1H3. The van der Waals surface area contributed by atoms with Crippen LogP contribution in [0.4, 0.5) is 18.9 Å². The number of carbonyl (C=O) groups excluding carboxylic acids is 1. The fraction of sp³-hybridized carbons (Fsp3) is 0.188. The van der Waals surface area contributed by atoms with Crippen LogP contribution in [0, 0.1) is 0 Å². The Morgan fingerprint density at radius 2 is 1.54 bits per heavy atom. The van der Waals surface area contributed by atoms with Crippen LogP contribution >= 0.6 is 0 Å². The summed E-state index contributed by atoms with van der Waals surface area (Å²) < 4.78 is 64.1. The number of hydrogen-bond donors (Lipinski definition) is 0. The van der Waals surface area contributed by atoms with Crippen molar-refractivity contribution >= 4 is 21.5 Å². The summed E-state index contributed by atoms with van der Waals surface area (Å²) in [6.07, 6.45) is -4.72. The van der Waals surface area contributed by atoms with E-state index in [-0.39, 0.29) is 26.2 Å². The Balaban J connectivity index is 2.51. The van der Waals surface area contributed by atoms with Crippen LogP contribution in [0.5, 0.6) is 0 Å². The minimum absolute atomic E-state index is 0.166. The zero-order valence-corrected chi connectivity index (χ0v) is 13.4. The van der Waals surface area contributed by atoms with Crippen LogP contribution in [-0.4, -0.2) is 26.9 Å². The van der Waals surface area contributed by atoms with Gasteiger partial charge in [0.25, 0.3) is 10.0 Å². The monoisotopic (exact) mass is 357 g/mol. The van der Waals surface area contributed by atoms with Gasteiger partial charge in [0.05, 0.1) is 10.6 Å². The Morgan fingerprint density at radius 1 is 1.00 bits per heavy atom. The lowest BCUT2D eigenvalue weighted by molar-refractivity contribution is -0.117. The molecule has 0 aliphatic rings. The number of carbonyl (C=O) groups is 1. The number of anilines is 1. The van der Waals surface area contributed by atoms with E-state index in [1.807, 2.05) is 0 Å². The van der Waals surface area contributed by atoms with Crippen LogP contribution in [-0.2, 0) is 10.0 Å². The number of rotatable bonds is 5. The van der Waals surface area contributed by atoms with Crippen molar-refractivity contribution in [3.63, 3.8) is 0 Å². The van der Waals surface area contributed by atoms with E-state index in [0.717, 1.165) is 0 Å². The van der Waals surface area contributed by atoms with Gasteiger partial charge in [-0.25, -0.2) is 8.42 Å². The average molecular weight is 357 g/mol. The molecule has 4 nitrogen and oxygen atoms in total. The maximum absolute atomic E-state index is 12.9. The van der Waals surface area contributed by atoms with E-state index in [0.29, 0.717) is 0 Å². The van der Waals surface area contributed by atoms with Gasteiger partial charge in [0.1, 0.15) is 6.54 Å². The zero-order chi connectivity index (χ0) is 18.0. The van der Waals surface area contributed by atoms with Crippen LogP contribution < -0.4 is 4.31 Å². The molecular formula is C16H14F3NO3S. The van der Waals surface area contributed by atoms with Crippen LogP contribution in [0.3, 0.4) is 0 Å². The molecular weight excluding hydrogens is 343 g/mol. The van der Waals surface area contributed by atoms with E-state index < -0.39 is 22.7 Å². The van der Waals surface area contributed by atoms with Gasteiger partial charge in [0.2, 0.25) is 0 Å². The number of alkyl halides is 3. The highest BCUT2D eigenvalue weighted by Crippen LogP contribution is 2.28. The van der Waals surface area contributed by atoms with E-state index in [1.165, 1.54) is 55.5 Å². The molecule has 24 heavy (non-hydrogen) atoms. The lowest BCUT2D eigenvalue weighted by Crippen LogP contribution is -2.39. The molecule has 0 aliphatic heterocycles. The predicted molar refractivity (Wildman–Crippen MR) is 83.5 cm³/mol. The van der Waals surface area contributed by atoms with Gasteiger partial charge in [-0.1, -0.05) is 18.2 Å². The van der Waals surface area contributed by atoms with Gasteiger partial charge in [0.15, 0.2) is 5.78 Å². The first-order chi connectivity index (χ1) is 11.1. The molecule has 0 unspecified atom stereocenters. The molecule has 0 aliphatic carbocycles. The second-order valence-corrected chi connectivity index (χ2v) is 6.91. The summed E-state index contributed by atoms with van der Waals surface area (Å²) in [5, 5.41) is 0. The smallest absolute Gasteiger partial charge is 0.295 e. The van der Waals surface area contributed by atoms with Crippen LogP contribution in [0.15, 0.2) is 59.5 Å². The third-order valence-corrected chi connectivity index (χ3v) is 5.00. The largest absolute Gasteiger partial charge is 0.407 e. The molecule has 0 bridgehead atoms. The van der Waals surface area contributed by atoms with Crippen molar-refractivity contribution in [2.24, 2.45) is 0 Å². The summed E-state index contributed by atoms with van der Waals surface area (Å²) in [5.74, 6) is -0.269. The van der Waals surface area contributed by atoms with Crippen molar-refractivity contribution in [3.05, 3.63) is 60.2 Å². The molecule has 2 aromatic carbocycles. The molecule has 0 aromatic heterocycles. The maximum atomic E-state index is 12.9. The van der Waals surface area contributed by atoms with Crippen LogP contribution in [0.2, 0.25) is 0 Å². The molecule has 0 saturated carbocycles. The normalized spacial score (nSPS) is 12.0. The number of Topliss-reactive ketones (excluding diaryl/α,β-unsaturated/α-hetero) is 1. The van der Waals surface area contributed by atoms with Gasteiger partial charge in [-0.2, -0.15) is 13.2 Å². The van der Waals surface area contributed by atoms with E-state index in [1.54, 1.807) is 6.07 Å². The Kier molecular flexibility index (Phi) is 4.98. The molecule has 0 saturated heterocycles. The molecule has 0 radical (unpaired) electrons. The Labute approximate surface area is 137 Å². The van der Waals surface area contributed by atoms with Gasteiger partial charge in [-0.15, -0.1) is 0 Å². The zero-order valence-electron chi connectivity index (χ0n) is 12.6. The fourth-order valence-corrected chi connectivity index (χ4v) is 3.53. The highest BCUT2D eigenvalue weighted by atomic mass is 32.2. The van der Waals surface area contributed by atoms with Crippen LogP contribution in [0.25, 0.3) is 0 Å². The Hall–Kier alpha value is -2.35. The van der Waals surface area contributed by atoms with Gasteiger partial charge < -0.3 is 0 Å². The lowest BCUT2D eigenvalue weighted by Gasteiger charge is -2.25. The minimum atomic E-state index is -4.72. The van der Waals surface area contributed by atoms with Gasteiger partial charge >= 0.3 is 6.18 Å². The first kappa shape index (κ1) is 18.0. The summed E-state index contributed by atoms with van der Waals surface area (Å²) >= 11 is 0. The molecule has 2 rings (SSSR count). The second kappa shape index (κ2) is 6.64. The van der Waals surface area contributed by atoms with E-state index >= 15 is 0 Å². The first-order valence-corrected chi connectivity index (χ1v) is 8.31. The third-order valence-electron chi connectivity index (χ3n) is 3.22. The average Bonchev–Trinajstić information content (AvgIpc) is 2.52. The third kappa shape index (κ3) is 4.14. The summed E-state index contributed by atoms with van der Waals surface area (Å²) in [6, 6.07) is 11.8. The quantitative estimate of drug-likeness (QED) is 0.768. The number of sulfonamides is 1. The van der Waals surface area contributed by atoms with Crippen molar-refractivity contribution < 1.29 is 26.4 Å². The Morgan fingerprint density at radius 3 is 2.00 bits per heavy atom. The summed E-state index contributed by atoms with van der Waals surface area (Å²) in [4.78, 5) is 11.0. The number of benzene rings is 2.